The minimum atomic E-state index is -0.0198. The van der Waals surface area contributed by atoms with Crippen LogP contribution in [0.15, 0.2) is 72.8 Å². The van der Waals surface area contributed by atoms with Gasteiger partial charge in [0.1, 0.15) is 0 Å². The van der Waals surface area contributed by atoms with E-state index in [0.717, 1.165) is 26.9 Å². The summed E-state index contributed by atoms with van der Waals surface area (Å²) in [6, 6.07) is 23.6. The van der Waals surface area contributed by atoms with E-state index < -0.39 is 0 Å². The Bertz CT molecular complexity index is 1120. The van der Waals surface area contributed by atoms with Gasteiger partial charge in [0.25, 0.3) is 0 Å². The van der Waals surface area contributed by atoms with Crippen molar-refractivity contribution in [2.45, 2.75) is 19.9 Å². The Morgan fingerprint density at radius 3 is 2.50 bits per heavy atom. The van der Waals surface area contributed by atoms with Gasteiger partial charge < -0.3 is 0 Å². The Balaban J connectivity index is 1.71. The van der Waals surface area contributed by atoms with Crippen LogP contribution in [0.4, 0.5) is 5.13 Å². The van der Waals surface area contributed by atoms with Crippen LogP contribution in [-0.2, 0) is 17.8 Å². The highest BCUT2D eigenvalue weighted by atomic mass is 35.5. The summed E-state index contributed by atoms with van der Waals surface area (Å²) in [6.45, 7) is 2.52. The first kappa shape index (κ1) is 18.7. The van der Waals surface area contributed by atoms with E-state index in [1.807, 2.05) is 79.7 Å². The van der Waals surface area contributed by atoms with Gasteiger partial charge in [-0.25, -0.2) is 4.98 Å². The number of aromatic nitrogens is 1. The van der Waals surface area contributed by atoms with Crippen LogP contribution in [0.3, 0.4) is 0 Å². The molecule has 0 fully saturated rings. The average Bonchev–Trinajstić information content (AvgIpc) is 3.14. The Morgan fingerprint density at radius 2 is 1.75 bits per heavy atom. The number of para-hydroxylation sites is 1. The minimum absolute atomic E-state index is 0.0198. The van der Waals surface area contributed by atoms with Crippen molar-refractivity contribution in [2.75, 3.05) is 4.90 Å². The number of hydrogen-bond donors (Lipinski definition) is 0. The van der Waals surface area contributed by atoms with Crippen molar-refractivity contribution in [3.8, 4) is 0 Å². The molecule has 0 unspecified atom stereocenters. The van der Waals surface area contributed by atoms with Crippen molar-refractivity contribution in [3.05, 3.63) is 94.5 Å². The van der Waals surface area contributed by atoms with Crippen molar-refractivity contribution in [2.24, 2.45) is 0 Å². The van der Waals surface area contributed by atoms with Crippen LogP contribution in [0.1, 0.15) is 16.7 Å². The number of rotatable bonds is 5. The first-order valence-electron chi connectivity index (χ1n) is 9.05. The van der Waals surface area contributed by atoms with Gasteiger partial charge in [-0.05, 0) is 35.7 Å². The molecule has 0 aliphatic heterocycles. The summed E-state index contributed by atoms with van der Waals surface area (Å²) in [7, 11) is 0. The maximum absolute atomic E-state index is 13.3. The van der Waals surface area contributed by atoms with Gasteiger partial charge in [-0.1, -0.05) is 83.6 Å². The van der Waals surface area contributed by atoms with Gasteiger partial charge in [-0.3, -0.25) is 9.69 Å². The molecule has 28 heavy (non-hydrogen) atoms. The predicted octanol–water partition coefficient (Wildman–Crippen LogP) is 6.03. The number of fused-ring (bicyclic) bond motifs is 1. The number of thiazole rings is 1. The van der Waals surface area contributed by atoms with E-state index in [1.165, 1.54) is 0 Å². The number of aryl methyl sites for hydroxylation is 1. The summed E-state index contributed by atoms with van der Waals surface area (Å²) in [5.41, 5.74) is 3.94. The normalized spacial score (nSPS) is 10.9. The zero-order chi connectivity index (χ0) is 19.5. The molecule has 0 saturated carbocycles. The van der Waals surface area contributed by atoms with E-state index in [0.29, 0.717) is 16.7 Å². The van der Waals surface area contributed by atoms with Gasteiger partial charge in [0.05, 0.1) is 23.2 Å². The SMILES string of the molecule is Cc1cccc2sc(N(Cc3ccccc3)C(=O)Cc3ccccc3Cl)nc12. The summed E-state index contributed by atoms with van der Waals surface area (Å²) in [4.78, 5) is 19.8. The van der Waals surface area contributed by atoms with Crippen molar-refractivity contribution in [3.63, 3.8) is 0 Å². The number of nitrogens with zero attached hydrogens (tertiary/aromatic N) is 2. The zero-order valence-corrected chi connectivity index (χ0v) is 17.0. The molecule has 3 nitrogen and oxygen atoms in total. The number of anilines is 1. The lowest BCUT2D eigenvalue weighted by atomic mass is 10.1. The number of carbonyl (C=O) groups excluding carboxylic acids is 1. The molecule has 0 N–H and O–H groups in total. The van der Waals surface area contributed by atoms with Gasteiger partial charge in [0.15, 0.2) is 5.13 Å². The van der Waals surface area contributed by atoms with Crippen molar-refractivity contribution < 1.29 is 4.79 Å². The first-order chi connectivity index (χ1) is 13.6. The van der Waals surface area contributed by atoms with Gasteiger partial charge in [-0.15, -0.1) is 0 Å². The Morgan fingerprint density at radius 1 is 1.00 bits per heavy atom. The molecular weight excluding hydrogens is 388 g/mol. The maximum atomic E-state index is 13.3. The van der Waals surface area contributed by atoms with Crippen molar-refractivity contribution in [1.82, 2.24) is 4.98 Å². The Hall–Kier alpha value is -2.69. The fourth-order valence-corrected chi connectivity index (χ4v) is 4.38. The van der Waals surface area contributed by atoms with Gasteiger partial charge in [-0.2, -0.15) is 0 Å². The molecule has 3 aromatic carbocycles. The molecule has 1 aromatic heterocycles. The third-order valence-electron chi connectivity index (χ3n) is 4.62. The van der Waals surface area contributed by atoms with Crippen LogP contribution in [0.2, 0.25) is 5.02 Å². The van der Waals surface area contributed by atoms with E-state index in [4.69, 9.17) is 16.6 Å². The average molecular weight is 407 g/mol. The lowest BCUT2D eigenvalue weighted by molar-refractivity contribution is -0.118. The maximum Gasteiger partial charge on any atom is 0.233 e. The standard InChI is InChI=1S/C23H19ClN2OS/c1-16-8-7-13-20-22(16)25-23(28-20)26(15-17-9-3-2-4-10-17)21(27)14-18-11-5-6-12-19(18)24/h2-13H,14-15H2,1H3. The van der Waals surface area contributed by atoms with Gasteiger partial charge in [0.2, 0.25) is 5.91 Å². The molecule has 4 aromatic rings. The molecular formula is C23H19ClN2OS. The number of carbonyl (C=O) groups is 1. The second-order valence-electron chi connectivity index (χ2n) is 6.65. The molecule has 0 spiro atoms. The molecule has 1 heterocycles. The molecule has 0 radical (unpaired) electrons. The number of hydrogen-bond acceptors (Lipinski definition) is 3. The third kappa shape index (κ3) is 3.93. The van der Waals surface area contributed by atoms with Crippen molar-refractivity contribution >= 4 is 44.2 Å². The monoisotopic (exact) mass is 406 g/mol. The molecule has 140 valence electrons. The van der Waals surface area contributed by atoms with Crippen LogP contribution < -0.4 is 4.90 Å². The second kappa shape index (κ2) is 8.13. The molecule has 0 aliphatic rings. The summed E-state index contributed by atoms with van der Waals surface area (Å²) < 4.78 is 1.08. The van der Waals surface area contributed by atoms with Crippen LogP contribution in [0.25, 0.3) is 10.2 Å². The fraction of sp³-hybridized carbons (Fsp3) is 0.130. The summed E-state index contributed by atoms with van der Waals surface area (Å²) in [5.74, 6) is -0.0198. The number of benzene rings is 3. The highest BCUT2D eigenvalue weighted by Crippen LogP contribution is 2.32. The van der Waals surface area contributed by atoms with Crippen LogP contribution in [-0.4, -0.2) is 10.9 Å². The lowest BCUT2D eigenvalue weighted by Gasteiger charge is -2.20. The van der Waals surface area contributed by atoms with Crippen molar-refractivity contribution in [1.29, 1.82) is 0 Å². The zero-order valence-electron chi connectivity index (χ0n) is 15.4. The van der Waals surface area contributed by atoms with Crippen LogP contribution in [0.5, 0.6) is 0 Å². The first-order valence-corrected chi connectivity index (χ1v) is 10.2. The quantitative estimate of drug-likeness (QED) is 0.405. The van der Waals surface area contributed by atoms with E-state index in [1.54, 1.807) is 16.2 Å². The smallest absolute Gasteiger partial charge is 0.233 e. The van der Waals surface area contributed by atoms with Crippen LogP contribution >= 0.6 is 22.9 Å². The highest BCUT2D eigenvalue weighted by Gasteiger charge is 2.21. The molecule has 1 amide bonds. The Kier molecular flexibility index (Phi) is 5.42. The van der Waals surface area contributed by atoms with E-state index in [-0.39, 0.29) is 12.3 Å². The van der Waals surface area contributed by atoms with E-state index >= 15 is 0 Å². The second-order valence-corrected chi connectivity index (χ2v) is 8.07. The Labute approximate surface area is 173 Å². The third-order valence-corrected chi connectivity index (χ3v) is 6.04. The molecule has 0 atom stereocenters. The summed E-state index contributed by atoms with van der Waals surface area (Å²) in [5, 5.41) is 1.32. The fourth-order valence-electron chi connectivity index (χ4n) is 3.12. The molecule has 5 heteroatoms. The largest absolute Gasteiger partial charge is 0.283 e. The topological polar surface area (TPSA) is 33.2 Å². The number of halogens is 1. The van der Waals surface area contributed by atoms with Crippen LogP contribution in [0, 0.1) is 6.92 Å². The van der Waals surface area contributed by atoms with Gasteiger partial charge in [0, 0.05) is 5.02 Å². The molecule has 0 aliphatic carbocycles. The van der Waals surface area contributed by atoms with Gasteiger partial charge >= 0.3 is 0 Å². The summed E-state index contributed by atoms with van der Waals surface area (Å²) >= 11 is 7.82. The molecule has 0 saturated heterocycles. The van der Waals surface area contributed by atoms with E-state index in [9.17, 15) is 4.79 Å². The highest BCUT2D eigenvalue weighted by molar-refractivity contribution is 7.22. The predicted molar refractivity (Wildman–Crippen MR) is 117 cm³/mol. The molecule has 0 bridgehead atoms. The summed E-state index contributed by atoms with van der Waals surface area (Å²) in [6.07, 6.45) is 0.238. The van der Waals surface area contributed by atoms with E-state index in [2.05, 4.69) is 0 Å². The molecule has 4 rings (SSSR count). The minimum Gasteiger partial charge on any atom is -0.283 e. The lowest BCUT2D eigenvalue weighted by Crippen LogP contribution is -2.31. The number of amides is 1.